The van der Waals surface area contributed by atoms with Crippen molar-refractivity contribution in [3.8, 4) is 11.8 Å². The van der Waals surface area contributed by atoms with E-state index in [9.17, 15) is 0 Å². The van der Waals surface area contributed by atoms with Crippen LogP contribution in [0, 0.1) is 17.8 Å². The second-order valence-corrected chi connectivity index (χ2v) is 7.04. The summed E-state index contributed by atoms with van der Waals surface area (Å²) in [5.74, 6) is 7.70. The molecule has 25 heavy (non-hydrogen) atoms. The predicted octanol–water partition coefficient (Wildman–Crippen LogP) is 3.33. The highest BCUT2D eigenvalue weighted by atomic mass is 16.5. The third kappa shape index (κ3) is 3.20. The van der Waals surface area contributed by atoms with Crippen LogP contribution in [0.4, 0.5) is 0 Å². The number of rotatable bonds is 3. The zero-order valence-corrected chi connectivity index (χ0v) is 14.7. The van der Waals surface area contributed by atoms with Gasteiger partial charge in [0.05, 0.1) is 5.92 Å². The first-order chi connectivity index (χ1) is 12.3. The van der Waals surface area contributed by atoms with Crippen molar-refractivity contribution < 1.29 is 4.74 Å². The minimum Gasteiger partial charge on any atom is -0.364 e. The monoisotopic (exact) mass is 332 g/mol. The first-order valence-electron chi connectivity index (χ1n) is 9.06. The third-order valence-corrected chi connectivity index (χ3v) is 5.65. The molecule has 3 fully saturated rings. The SMILES string of the molecule is CO[C@]1(C#C[C@@H](c2ccccc2)c2cccnc2)CN2CCC1CC2. The van der Waals surface area contributed by atoms with Crippen LogP contribution in [0.1, 0.15) is 29.9 Å². The summed E-state index contributed by atoms with van der Waals surface area (Å²) < 4.78 is 6.00. The van der Waals surface area contributed by atoms with E-state index in [1.807, 2.05) is 31.6 Å². The van der Waals surface area contributed by atoms with Crippen LogP contribution < -0.4 is 0 Å². The molecule has 3 aliphatic heterocycles. The molecule has 128 valence electrons. The Morgan fingerprint density at radius 1 is 1.12 bits per heavy atom. The van der Waals surface area contributed by atoms with Gasteiger partial charge in [0, 0.05) is 32.0 Å². The number of pyridine rings is 1. The van der Waals surface area contributed by atoms with Crippen molar-refractivity contribution in [1.29, 1.82) is 0 Å². The van der Waals surface area contributed by atoms with Gasteiger partial charge in [-0.15, -0.1) is 0 Å². The Balaban J connectivity index is 1.71. The molecular weight excluding hydrogens is 308 g/mol. The molecule has 0 radical (unpaired) electrons. The van der Waals surface area contributed by atoms with E-state index in [4.69, 9.17) is 4.74 Å². The fourth-order valence-electron chi connectivity index (χ4n) is 4.19. The molecule has 3 aliphatic rings. The summed E-state index contributed by atoms with van der Waals surface area (Å²) in [5, 5.41) is 0. The van der Waals surface area contributed by atoms with Gasteiger partial charge in [0.25, 0.3) is 0 Å². The summed E-state index contributed by atoms with van der Waals surface area (Å²) >= 11 is 0. The molecule has 2 atom stereocenters. The Morgan fingerprint density at radius 2 is 1.88 bits per heavy atom. The number of aromatic nitrogens is 1. The van der Waals surface area contributed by atoms with Gasteiger partial charge in [-0.3, -0.25) is 9.88 Å². The zero-order valence-electron chi connectivity index (χ0n) is 14.7. The van der Waals surface area contributed by atoms with E-state index >= 15 is 0 Å². The van der Waals surface area contributed by atoms with Crippen LogP contribution in [0.15, 0.2) is 54.9 Å². The van der Waals surface area contributed by atoms with Crippen molar-refractivity contribution in [2.45, 2.75) is 24.4 Å². The van der Waals surface area contributed by atoms with Crippen LogP contribution in [0.25, 0.3) is 0 Å². The Morgan fingerprint density at radius 3 is 2.48 bits per heavy atom. The highest BCUT2D eigenvalue weighted by molar-refractivity contribution is 5.40. The van der Waals surface area contributed by atoms with Gasteiger partial charge in [0.1, 0.15) is 5.60 Å². The van der Waals surface area contributed by atoms with E-state index in [-0.39, 0.29) is 11.5 Å². The first-order valence-corrected chi connectivity index (χ1v) is 9.06. The summed E-state index contributed by atoms with van der Waals surface area (Å²) in [5.41, 5.74) is 2.01. The highest BCUT2D eigenvalue weighted by Gasteiger charge is 2.46. The van der Waals surface area contributed by atoms with Crippen molar-refractivity contribution in [2.75, 3.05) is 26.7 Å². The maximum absolute atomic E-state index is 6.00. The van der Waals surface area contributed by atoms with E-state index in [0.29, 0.717) is 5.92 Å². The van der Waals surface area contributed by atoms with E-state index in [1.54, 1.807) is 0 Å². The van der Waals surface area contributed by atoms with Gasteiger partial charge in [0.15, 0.2) is 0 Å². The van der Waals surface area contributed by atoms with Crippen molar-refractivity contribution in [3.63, 3.8) is 0 Å². The van der Waals surface area contributed by atoms with E-state index in [1.165, 1.54) is 31.5 Å². The summed E-state index contributed by atoms with van der Waals surface area (Å²) in [6.45, 7) is 3.29. The van der Waals surface area contributed by atoms with E-state index in [0.717, 1.165) is 12.1 Å². The Hall–Kier alpha value is -2.15. The number of piperidine rings is 3. The number of methoxy groups -OCH3 is 1. The molecule has 0 spiro atoms. The molecule has 0 aliphatic carbocycles. The maximum atomic E-state index is 6.00. The molecule has 2 aromatic rings. The van der Waals surface area contributed by atoms with Crippen LogP contribution >= 0.6 is 0 Å². The Bertz CT molecular complexity index is 717. The van der Waals surface area contributed by atoms with Crippen LogP contribution in [0.5, 0.6) is 0 Å². The minimum atomic E-state index is -0.328. The molecule has 0 N–H and O–H groups in total. The number of fused-ring (bicyclic) bond motifs is 3. The third-order valence-electron chi connectivity index (χ3n) is 5.65. The van der Waals surface area contributed by atoms with Crippen LogP contribution in [0.3, 0.4) is 0 Å². The molecule has 5 rings (SSSR count). The molecule has 0 amide bonds. The van der Waals surface area contributed by atoms with E-state index < -0.39 is 0 Å². The fraction of sp³-hybridized carbons (Fsp3) is 0.409. The van der Waals surface area contributed by atoms with Crippen molar-refractivity contribution in [3.05, 3.63) is 66.0 Å². The molecule has 0 unspecified atom stereocenters. The van der Waals surface area contributed by atoms with Crippen LogP contribution in [-0.4, -0.2) is 42.2 Å². The smallest absolute Gasteiger partial charge is 0.143 e. The van der Waals surface area contributed by atoms with Gasteiger partial charge in [0.2, 0.25) is 0 Å². The normalized spacial score (nSPS) is 28.8. The highest BCUT2D eigenvalue weighted by Crippen LogP contribution is 2.38. The lowest BCUT2D eigenvalue weighted by atomic mass is 9.75. The zero-order chi connectivity index (χ0) is 17.1. The quantitative estimate of drug-likeness (QED) is 0.806. The van der Waals surface area contributed by atoms with Gasteiger partial charge in [-0.1, -0.05) is 48.2 Å². The lowest BCUT2D eigenvalue weighted by Crippen LogP contribution is -2.59. The lowest BCUT2D eigenvalue weighted by Gasteiger charge is -2.49. The van der Waals surface area contributed by atoms with E-state index in [2.05, 4.69) is 52.1 Å². The number of ether oxygens (including phenoxy) is 1. The van der Waals surface area contributed by atoms with Gasteiger partial charge in [-0.25, -0.2) is 0 Å². The molecule has 1 aromatic carbocycles. The molecule has 4 heterocycles. The molecule has 3 saturated heterocycles. The Labute approximate surface area is 150 Å². The summed E-state index contributed by atoms with van der Waals surface area (Å²) in [4.78, 5) is 6.78. The van der Waals surface area contributed by atoms with Gasteiger partial charge in [-0.05, 0) is 43.1 Å². The molecule has 2 bridgehead atoms. The minimum absolute atomic E-state index is 0.0254. The fourth-order valence-corrected chi connectivity index (χ4v) is 4.19. The van der Waals surface area contributed by atoms with Crippen molar-refractivity contribution in [2.24, 2.45) is 5.92 Å². The summed E-state index contributed by atoms with van der Waals surface area (Å²) in [7, 11) is 1.82. The lowest BCUT2D eigenvalue weighted by molar-refractivity contribution is -0.0962. The predicted molar refractivity (Wildman–Crippen MR) is 99.2 cm³/mol. The topological polar surface area (TPSA) is 25.4 Å². The standard InChI is InChI=1S/C22H24N2O/c1-25-22(17-24-14-10-20(22)11-15-24)12-9-21(18-6-3-2-4-7-18)19-8-5-13-23-16-19/h2-8,13,16,20-21H,10-11,14-15,17H2,1H3/t21-,22+/m0/s1. The number of benzene rings is 1. The van der Waals surface area contributed by atoms with Gasteiger partial charge >= 0.3 is 0 Å². The number of hydrogen-bond acceptors (Lipinski definition) is 3. The Kier molecular flexibility index (Phi) is 4.57. The molecule has 3 heteroatoms. The maximum Gasteiger partial charge on any atom is 0.143 e. The second kappa shape index (κ2) is 7.00. The van der Waals surface area contributed by atoms with Crippen molar-refractivity contribution in [1.82, 2.24) is 9.88 Å². The molecule has 3 nitrogen and oxygen atoms in total. The average molecular weight is 332 g/mol. The van der Waals surface area contributed by atoms with Gasteiger partial charge < -0.3 is 4.74 Å². The summed E-state index contributed by atoms with van der Waals surface area (Å²) in [6.07, 6.45) is 6.10. The molecular formula is C22H24N2O. The van der Waals surface area contributed by atoms with Crippen molar-refractivity contribution >= 4 is 0 Å². The average Bonchev–Trinajstić information content (AvgIpc) is 2.71. The second-order valence-electron chi connectivity index (χ2n) is 7.04. The number of nitrogens with zero attached hydrogens (tertiary/aromatic N) is 2. The number of hydrogen-bond donors (Lipinski definition) is 0. The molecule has 0 saturated carbocycles. The van der Waals surface area contributed by atoms with Gasteiger partial charge in [-0.2, -0.15) is 0 Å². The van der Waals surface area contributed by atoms with Crippen LogP contribution in [-0.2, 0) is 4.74 Å². The first kappa shape index (κ1) is 16.3. The van der Waals surface area contributed by atoms with Crippen LogP contribution in [0.2, 0.25) is 0 Å². The largest absolute Gasteiger partial charge is 0.364 e. The summed E-state index contributed by atoms with van der Waals surface area (Å²) in [6, 6.07) is 14.6. The molecule has 1 aromatic heterocycles.